The third-order valence-corrected chi connectivity index (χ3v) is 3.48. The van der Waals surface area contributed by atoms with Gasteiger partial charge in [-0.2, -0.15) is 0 Å². The van der Waals surface area contributed by atoms with Crippen LogP contribution in [-0.4, -0.2) is 43.2 Å². The van der Waals surface area contributed by atoms with E-state index in [0.29, 0.717) is 6.61 Å². The Morgan fingerprint density at radius 1 is 1.47 bits per heavy atom. The Morgan fingerprint density at radius 3 is 2.40 bits per heavy atom. The number of rotatable bonds is 4. The van der Waals surface area contributed by atoms with Crippen molar-refractivity contribution in [3.8, 4) is 0 Å². The Bertz CT molecular complexity index is 223. The van der Waals surface area contributed by atoms with E-state index in [2.05, 4.69) is 4.90 Å². The first-order valence-electron chi connectivity index (χ1n) is 5.64. The molecular weight excluding hydrogens is 192 g/mol. The highest BCUT2D eigenvalue weighted by Gasteiger charge is 2.45. The smallest absolute Gasteiger partial charge is 0.324 e. The van der Waals surface area contributed by atoms with Crippen LogP contribution in [0.25, 0.3) is 0 Å². The van der Waals surface area contributed by atoms with E-state index < -0.39 is 6.04 Å². The zero-order valence-electron chi connectivity index (χ0n) is 9.95. The van der Waals surface area contributed by atoms with Gasteiger partial charge in [-0.05, 0) is 33.9 Å². The van der Waals surface area contributed by atoms with Crippen LogP contribution in [0.3, 0.4) is 0 Å². The van der Waals surface area contributed by atoms with Crippen LogP contribution in [0, 0.1) is 0 Å². The highest BCUT2D eigenvalue weighted by atomic mass is 16.5. The Hall–Kier alpha value is -0.610. The van der Waals surface area contributed by atoms with Gasteiger partial charge in [0.25, 0.3) is 0 Å². The van der Waals surface area contributed by atoms with Crippen molar-refractivity contribution in [2.24, 2.45) is 5.73 Å². The zero-order chi connectivity index (χ0) is 11.5. The Balaban J connectivity index is 2.76. The molecule has 0 amide bonds. The molecule has 4 nitrogen and oxygen atoms in total. The van der Waals surface area contributed by atoms with Crippen molar-refractivity contribution in [3.05, 3.63) is 0 Å². The topological polar surface area (TPSA) is 55.6 Å². The van der Waals surface area contributed by atoms with Crippen molar-refractivity contribution < 1.29 is 9.53 Å². The average molecular weight is 214 g/mol. The maximum absolute atomic E-state index is 11.7. The molecular formula is C11H22N2O2. The van der Waals surface area contributed by atoms with Crippen LogP contribution in [0.15, 0.2) is 0 Å². The molecule has 1 saturated carbocycles. The van der Waals surface area contributed by atoms with Crippen LogP contribution in [0.4, 0.5) is 0 Å². The summed E-state index contributed by atoms with van der Waals surface area (Å²) in [5.41, 5.74) is 5.84. The van der Waals surface area contributed by atoms with Crippen molar-refractivity contribution in [1.29, 1.82) is 0 Å². The predicted molar refractivity (Wildman–Crippen MR) is 59.5 cm³/mol. The Labute approximate surface area is 91.8 Å². The predicted octanol–water partition coefficient (Wildman–Crippen LogP) is 0.751. The maximum atomic E-state index is 11.7. The van der Waals surface area contributed by atoms with Gasteiger partial charge >= 0.3 is 5.97 Å². The second-order valence-corrected chi connectivity index (χ2v) is 4.43. The summed E-state index contributed by atoms with van der Waals surface area (Å²) in [4.78, 5) is 13.8. The Morgan fingerprint density at radius 2 is 2.00 bits per heavy atom. The molecule has 4 heteroatoms. The number of carbonyl (C=O) groups is 1. The van der Waals surface area contributed by atoms with E-state index in [9.17, 15) is 4.79 Å². The van der Waals surface area contributed by atoms with Gasteiger partial charge in [0.05, 0.1) is 6.61 Å². The van der Waals surface area contributed by atoms with Gasteiger partial charge in [-0.1, -0.05) is 12.8 Å². The number of esters is 1. The lowest BCUT2D eigenvalue weighted by Gasteiger charge is -2.39. The molecule has 1 aliphatic carbocycles. The number of hydrogen-bond acceptors (Lipinski definition) is 4. The molecule has 0 aromatic rings. The molecule has 1 fully saturated rings. The number of ether oxygens (including phenoxy) is 1. The second-order valence-electron chi connectivity index (χ2n) is 4.43. The molecule has 0 aromatic carbocycles. The molecule has 0 heterocycles. The molecule has 88 valence electrons. The molecule has 2 N–H and O–H groups in total. The second kappa shape index (κ2) is 4.94. The van der Waals surface area contributed by atoms with Crippen LogP contribution >= 0.6 is 0 Å². The summed E-state index contributed by atoms with van der Waals surface area (Å²) in [6.45, 7) is 2.21. The first-order valence-corrected chi connectivity index (χ1v) is 5.64. The minimum atomic E-state index is -0.519. The normalized spacial score (nSPS) is 21.7. The fraction of sp³-hybridized carbons (Fsp3) is 0.909. The number of likely N-dealkylation sites (N-methyl/N-ethyl adjacent to an activating group) is 1. The summed E-state index contributed by atoms with van der Waals surface area (Å²) in [6, 6.07) is -0.519. The van der Waals surface area contributed by atoms with Gasteiger partial charge in [-0.15, -0.1) is 0 Å². The number of nitrogens with two attached hydrogens (primary N) is 1. The van der Waals surface area contributed by atoms with Crippen molar-refractivity contribution >= 4 is 5.97 Å². The lowest BCUT2D eigenvalue weighted by Crippen LogP contribution is -2.59. The number of hydrogen-bond donors (Lipinski definition) is 1. The van der Waals surface area contributed by atoms with Gasteiger partial charge in [-0.3, -0.25) is 4.79 Å². The van der Waals surface area contributed by atoms with Gasteiger partial charge in [0.15, 0.2) is 0 Å². The molecule has 0 bridgehead atoms. The minimum Gasteiger partial charge on any atom is -0.465 e. The summed E-state index contributed by atoms with van der Waals surface area (Å²) >= 11 is 0. The SMILES string of the molecule is CCOC(=O)[C@@H](N)C1(N(C)C)CCCC1. The van der Waals surface area contributed by atoms with E-state index in [-0.39, 0.29) is 11.5 Å². The van der Waals surface area contributed by atoms with Gasteiger partial charge in [-0.25, -0.2) is 0 Å². The first kappa shape index (κ1) is 12.5. The highest BCUT2D eigenvalue weighted by molar-refractivity contribution is 5.77. The van der Waals surface area contributed by atoms with E-state index in [0.717, 1.165) is 25.7 Å². The van der Waals surface area contributed by atoms with Crippen LogP contribution in [-0.2, 0) is 9.53 Å². The van der Waals surface area contributed by atoms with Gasteiger partial charge in [0.1, 0.15) is 6.04 Å². The van der Waals surface area contributed by atoms with Crippen LogP contribution in [0.5, 0.6) is 0 Å². The molecule has 1 rings (SSSR count). The molecule has 1 aliphatic rings. The molecule has 0 aromatic heterocycles. The largest absolute Gasteiger partial charge is 0.465 e. The quantitative estimate of drug-likeness (QED) is 0.702. The highest BCUT2D eigenvalue weighted by Crippen LogP contribution is 2.36. The van der Waals surface area contributed by atoms with E-state index in [4.69, 9.17) is 10.5 Å². The Kier molecular flexibility index (Phi) is 4.11. The first-order chi connectivity index (χ1) is 7.04. The lowest BCUT2D eigenvalue weighted by atomic mass is 9.87. The fourth-order valence-electron chi connectivity index (χ4n) is 2.48. The van der Waals surface area contributed by atoms with Gasteiger partial charge < -0.3 is 15.4 Å². The van der Waals surface area contributed by atoms with Crippen LogP contribution in [0.2, 0.25) is 0 Å². The monoisotopic (exact) mass is 214 g/mol. The van der Waals surface area contributed by atoms with E-state index in [1.54, 1.807) is 0 Å². The van der Waals surface area contributed by atoms with Crippen molar-refractivity contribution in [2.75, 3.05) is 20.7 Å². The summed E-state index contributed by atoms with van der Waals surface area (Å²) in [6.07, 6.45) is 4.26. The lowest BCUT2D eigenvalue weighted by molar-refractivity contribution is -0.148. The van der Waals surface area contributed by atoms with Gasteiger partial charge in [0.2, 0.25) is 0 Å². The molecule has 0 unspecified atom stereocenters. The zero-order valence-corrected chi connectivity index (χ0v) is 9.95. The third kappa shape index (κ3) is 2.32. The summed E-state index contributed by atoms with van der Waals surface area (Å²) in [7, 11) is 3.98. The third-order valence-electron chi connectivity index (χ3n) is 3.48. The van der Waals surface area contributed by atoms with Gasteiger partial charge in [0, 0.05) is 5.54 Å². The summed E-state index contributed by atoms with van der Waals surface area (Å²) in [5.74, 6) is -0.270. The maximum Gasteiger partial charge on any atom is 0.324 e. The minimum absolute atomic E-state index is 0.188. The molecule has 0 saturated heterocycles. The summed E-state index contributed by atoms with van der Waals surface area (Å²) in [5, 5.41) is 0. The van der Waals surface area contributed by atoms with E-state index in [1.807, 2.05) is 21.0 Å². The van der Waals surface area contributed by atoms with Crippen molar-refractivity contribution in [1.82, 2.24) is 4.90 Å². The van der Waals surface area contributed by atoms with Crippen molar-refractivity contribution in [3.63, 3.8) is 0 Å². The molecule has 0 radical (unpaired) electrons. The number of carbonyl (C=O) groups excluding carboxylic acids is 1. The molecule has 0 aliphatic heterocycles. The molecule has 0 spiro atoms. The standard InChI is InChI=1S/C11H22N2O2/c1-4-15-10(14)9(12)11(13(2)3)7-5-6-8-11/h9H,4-8,12H2,1-3H3/t9-/m1/s1. The van der Waals surface area contributed by atoms with Crippen molar-refractivity contribution in [2.45, 2.75) is 44.2 Å². The van der Waals surface area contributed by atoms with E-state index in [1.165, 1.54) is 0 Å². The number of nitrogens with zero attached hydrogens (tertiary/aromatic N) is 1. The fourth-order valence-corrected chi connectivity index (χ4v) is 2.48. The molecule has 15 heavy (non-hydrogen) atoms. The average Bonchev–Trinajstić information content (AvgIpc) is 2.66. The molecule has 1 atom stereocenters. The van der Waals surface area contributed by atoms with Crippen LogP contribution < -0.4 is 5.73 Å². The summed E-state index contributed by atoms with van der Waals surface area (Å²) < 4.78 is 5.00. The van der Waals surface area contributed by atoms with Crippen LogP contribution in [0.1, 0.15) is 32.6 Å². The van der Waals surface area contributed by atoms with E-state index >= 15 is 0 Å².